The standard InChI is InChI=1S/C40H30O2/c41-29-39-19-9-7-17-37(39)27-25-35-15-5-3-13-33(35)23-21-31-11-1-2-12-32(31)22-24-34-14-4-6-16-36(34)26-28-38-18-8-10-20-40(38)30-42/h1-30H. The molecule has 0 fully saturated rings. The molecule has 0 radical (unpaired) electrons. The van der Waals surface area contributed by atoms with Gasteiger partial charge in [-0.25, -0.2) is 0 Å². The quantitative estimate of drug-likeness (QED) is 0.130. The first-order valence-corrected chi connectivity index (χ1v) is 13.8. The van der Waals surface area contributed by atoms with Crippen LogP contribution in [-0.2, 0) is 0 Å². The maximum atomic E-state index is 11.4. The molecule has 0 aliphatic carbocycles. The summed E-state index contributed by atoms with van der Waals surface area (Å²) < 4.78 is 0. The monoisotopic (exact) mass is 542 g/mol. The first-order chi connectivity index (χ1) is 20.7. The Labute approximate surface area is 247 Å². The zero-order valence-corrected chi connectivity index (χ0v) is 23.1. The third-order valence-corrected chi connectivity index (χ3v) is 7.00. The molecule has 0 saturated heterocycles. The first-order valence-electron chi connectivity index (χ1n) is 13.8. The first kappa shape index (κ1) is 27.9. The van der Waals surface area contributed by atoms with Gasteiger partial charge in [-0.3, -0.25) is 9.59 Å². The molecule has 5 aromatic rings. The smallest absolute Gasteiger partial charge is 0.150 e. The van der Waals surface area contributed by atoms with Gasteiger partial charge in [-0.15, -0.1) is 0 Å². The van der Waals surface area contributed by atoms with E-state index in [0.29, 0.717) is 11.1 Å². The summed E-state index contributed by atoms with van der Waals surface area (Å²) in [5.41, 5.74) is 9.65. The average molecular weight is 543 g/mol. The average Bonchev–Trinajstić information content (AvgIpc) is 3.05. The second-order valence-electron chi connectivity index (χ2n) is 9.71. The second kappa shape index (κ2) is 14.2. The fourth-order valence-corrected chi connectivity index (χ4v) is 4.70. The summed E-state index contributed by atoms with van der Waals surface area (Å²) in [4.78, 5) is 22.8. The largest absolute Gasteiger partial charge is 0.298 e. The van der Waals surface area contributed by atoms with Crippen LogP contribution in [0.1, 0.15) is 65.2 Å². The van der Waals surface area contributed by atoms with E-state index in [9.17, 15) is 9.59 Å². The second-order valence-corrected chi connectivity index (χ2v) is 9.71. The van der Waals surface area contributed by atoms with Crippen LogP contribution in [0.5, 0.6) is 0 Å². The molecule has 0 amide bonds. The van der Waals surface area contributed by atoms with Crippen molar-refractivity contribution in [3.05, 3.63) is 177 Å². The SMILES string of the molecule is O=Cc1ccccc1C=Cc1ccccc1C=Cc1ccccc1C=Cc1ccccc1C=Cc1ccccc1C=O. The maximum absolute atomic E-state index is 11.4. The van der Waals surface area contributed by atoms with E-state index in [0.717, 1.165) is 57.1 Å². The molecule has 42 heavy (non-hydrogen) atoms. The molecule has 0 heterocycles. The van der Waals surface area contributed by atoms with E-state index in [2.05, 4.69) is 60.7 Å². The van der Waals surface area contributed by atoms with Gasteiger partial charge in [-0.05, 0) is 44.5 Å². The van der Waals surface area contributed by atoms with Gasteiger partial charge in [-0.2, -0.15) is 0 Å². The molecule has 202 valence electrons. The highest BCUT2D eigenvalue weighted by Crippen LogP contribution is 2.22. The fraction of sp³-hybridized carbons (Fsp3) is 0. The van der Waals surface area contributed by atoms with E-state index in [1.54, 1.807) is 0 Å². The van der Waals surface area contributed by atoms with Gasteiger partial charge >= 0.3 is 0 Å². The Morgan fingerprint density at radius 1 is 0.238 bits per heavy atom. The topological polar surface area (TPSA) is 34.1 Å². The van der Waals surface area contributed by atoms with Crippen LogP contribution >= 0.6 is 0 Å². The summed E-state index contributed by atoms with van der Waals surface area (Å²) >= 11 is 0. The van der Waals surface area contributed by atoms with Gasteiger partial charge in [0.1, 0.15) is 0 Å². The third kappa shape index (κ3) is 7.12. The van der Waals surface area contributed by atoms with Crippen LogP contribution < -0.4 is 0 Å². The molecule has 0 aliphatic rings. The number of hydrogen-bond acceptors (Lipinski definition) is 2. The lowest BCUT2D eigenvalue weighted by Crippen LogP contribution is -1.86. The molecule has 0 saturated carbocycles. The molecule has 0 aliphatic heterocycles. The highest BCUT2D eigenvalue weighted by molar-refractivity contribution is 5.88. The van der Waals surface area contributed by atoms with Crippen molar-refractivity contribution in [1.82, 2.24) is 0 Å². The molecule has 0 unspecified atom stereocenters. The van der Waals surface area contributed by atoms with Gasteiger partial charge in [0.05, 0.1) is 0 Å². The summed E-state index contributed by atoms with van der Waals surface area (Å²) in [5.74, 6) is 0. The minimum atomic E-state index is 0.672. The molecule has 5 rings (SSSR count). The number of benzene rings is 5. The normalized spacial score (nSPS) is 11.6. The Balaban J connectivity index is 1.39. The molecule has 2 nitrogen and oxygen atoms in total. The number of carbonyl (C=O) groups is 2. The number of aldehydes is 2. The van der Waals surface area contributed by atoms with Crippen molar-refractivity contribution in [3.8, 4) is 0 Å². The van der Waals surface area contributed by atoms with Crippen molar-refractivity contribution in [2.24, 2.45) is 0 Å². The van der Waals surface area contributed by atoms with Gasteiger partial charge in [0.15, 0.2) is 12.6 Å². The Morgan fingerprint density at radius 3 is 0.548 bits per heavy atom. The number of carbonyl (C=O) groups excluding carboxylic acids is 2. The molecule has 0 bridgehead atoms. The Hall–Kier alpha value is -5.60. The van der Waals surface area contributed by atoms with Crippen LogP contribution in [0.4, 0.5) is 0 Å². The molecule has 0 spiro atoms. The van der Waals surface area contributed by atoms with Gasteiger partial charge in [-0.1, -0.05) is 170 Å². The summed E-state index contributed by atoms with van der Waals surface area (Å²) in [5, 5.41) is 0. The van der Waals surface area contributed by atoms with Crippen LogP contribution in [-0.4, -0.2) is 12.6 Å². The summed E-state index contributed by atoms with van der Waals surface area (Å²) in [7, 11) is 0. The van der Waals surface area contributed by atoms with E-state index in [1.807, 2.05) is 109 Å². The molecule has 0 N–H and O–H groups in total. The summed E-state index contributed by atoms with van der Waals surface area (Å²) in [6.07, 6.45) is 18.3. The van der Waals surface area contributed by atoms with Crippen LogP contribution in [0.2, 0.25) is 0 Å². The Kier molecular flexibility index (Phi) is 9.42. The van der Waals surface area contributed by atoms with Crippen LogP contribution in [0.25, 0.3) is 48.6 Å². The maximum Gasteiger partial charge on any atom is 0.150 e. The summed E-state index contributed by atoms with van der Waals surface area (Å²) in [6.45, 7) is 0. The summed E-state index contributed by atoms with van der Waals surface area (Å²) in [6, 6.07) is 39.9. The predicted octanol–water partition coefficient (Wildman–Crippen LogP) is 9.99. The Morgan fingerprint density at radius 2 is 0.381 bits per heavy atom. The number of rotatable bonds is 10. The molecular weight excluding hydrogens is 512 g/mol. The lowest BCUT2D eigenvalue weighted by molar-refractivity contribution is 0.111. The van der Waals surface area contributed by atoms with Gasteiger partial charge in [0.25, 0.3) is 0 Å². The van der Waals surface area contributed by atoms with Crippen molar-refractivity contribution >= 4 is 61.2 Å². The Bertz CT molecular complexity index is 1680. The molecule has 0 atom stereocenters. The van der Waals surface area contributed by atoms with Crippen molar-refractivity contribution < 1.29 is 9.59 Å². The highest BCUT2D eigenvalue weighted by atomic mass is 16.1. The molecule has 0 aromatic heterocycles. The van der Waals surface area contributed by atoms with Gasteiger partial charge < -0.3 is 0 Å². The van der Waals surface area contributed by atoms with E-state index < -0.39 is 0 Å². The van der Waals surface area contributed by atoms with Crippen LogP contribution in [0, 0.1) is 0 Å². The van der Waals surface area contributed by atoms with Crippen molar-refractivity contribution in [2.75, 3.05) is 0 Å². The molecular formula is C40H30O2. The van der Waals surface area contributed by atoms with Crippen LogP contribution in [0.3, 0.4) is 0 Å². The van der Waals surface area contributed by atoms with E-state index >= 15 is 0 Å². The van der Waals surface area contributed by atoms with E-state index in [4.69, 9.17) is 0 Å². The third-order valence-electron chi connectivity index (χ3n) is 7.00. The minimum absolute atomic E-state index is 0.672. The lowest BCUT2D eigenvalue weighted by Gasteiger charge is -2.05. The van der Waals surface area contributed by atoms with Crippen molar-refractivity contribution in [1.29, 1.82) is 0 Å². The number of hydrogen-bond donors (Lipinski definition) is 0. The van der Waals surface area contributed by atoms with Crippen molar-refractivity contribution in [3.63, 3.8) is 0 Å². The lowest BCUT2D eigenvalue weighted by atomic mass is 10.00. The fourth-order valence-electron chi connectivity index (χ4n) is 4.70. The van der Waals surface area contributed by atoms with Gasteiger partial charge in [0, 0.05) is 11.1 Å². The zero-order chi connectivity index (χ0) is 29.0. The van der Waals surface area contributed by atoms with E-state index in [1.165, 1.54) is 0 Å². The van der Waals surface area contributed by atoms with E-state index in [-0.39, 0.29) is 0 Å². The van der Waals surface area contributed by atoms with Gasteiger partial charge in [0.2, 0.25) is 0 Å². The zero-order valence-electron chi connectivity index (χ0n) is 23.1. The minimum Gasteiger partial charge on any atom is -0.298 e. The van der Waals surface area contributed by atoms with Crippen LogP contribution in [0.15, 0.2) is 121 Å². The highest BCUT2D eigenvalue weighted by Gasteiger charge is 2.02. The predicted molar refractivity (Wildman–Crippen MR) is 179 cm³/mol. The van der Waals surface area contributed by atoms with Crippen molar-refractivity contribution in [2.45, 2.75) is 0 Å². The molecule has 5 aromatic carbocycles. The molecule has 2 heteroatoms.